The van der Waals surface area contributed by atoms with Gasteiger partial charge in [0.25, 0.3) is 16.7 Å². The van der Waals surface area contributed by atoms with Crippen LogP contribution in [-0.2, 0) is 9.59 Å². The third kappa shape index (κ3) is 3.00. The van der Waals surface area contributed by atoms with Crippen molar-refractivity contribution in [1.29, 1.82) is 0 Å². The van der Waals surface area contributed by atoms with Gasteiger partial charge in [-0.05, 0) is 30.3 Å². The van der Waals surface area contributed by atoms with Gasteiger partial charge in [0.2, 0.25) is 0 Å². The van der Waals surface area contributed by atoms with Crippen LogP contribution < -0.4 is 10.2 Å². The predicted molar refractivity (Wildman–Crippen MR) is 126 cm³/mol. The van der Waals surface area contributed by atoms with E-state index < -0.39 is 35.7 Å². The van der Waals surface area contributed by atoms with Crippen molar-refractivity contribution in [2.75, 3.05) is 30.0 Å². The minimum absolute atomic E-state index is 0.0245. The van der Waals surface area contributed by atoms with Crippen LogP contribution in [0, 0.1) is 10.7 Å². The van der Waals surface area contributed by atoms with E-state index in [1.165, 1.54) is 24.3 Å². The number of quaternary nitrogens is 1. The van der Waals surface area contributed by atoms with Gasteiger partial charge in [0.15, 0.2) is 12.1 Å². The molecule has 0 aromatic heterocycles. The lowest BCUT2D eigenvalue weighted by molar-refractivity contribution is -0.852. The lowest BCUT2D eigenvalue weighted by Gasteiger charge is -2.32. The maximum atomic E-state index is 14.0. The fraction of sp³-hybridized carbons (Fsp3) is 0.208. The highest BCUT2D eigenvalue weighted by molar-refractivity contribution is 6.31. The molecule has 3 saturated heterocycles. The molecule has 3 aromatic carbocycles. The Morgan fingerprint density at radius 1 is 1.11 bits per heavy atom. The second kappa shape index (κ2) is 7.79. The van der Waals surface area contributed by atoms with Gasteiger partial charge in [0.05, 0.1) is 34.1 Å². The van der Waals surface area contributed by atoms with E-state index in [1.54, 1.807) is 24.3 Å². The topological polar surface area (TPSA) is 110 Å². The van der Waals surface area contributed by atoms with Crippen molar-refractivity contribution in [2.24, 2.45) is 0 Å². The van der Waals surface area contributed by atoms with Gasteiger partial charge in [-0.25, -0.2) is 23.8 Å². The Morgan fingerprint density at radius 2 is 1.86 bits per heavy atom. The van der Waals surface area contributed by atoms with E-state index in [4.69, 9.17) is 11.6 Å². The number of anilines is 2. The first-order valence-electron chi connectivity index (χ1n) is 11.1. The molecule has 0 radical (unpaired) electrons. The number of carbonyl (C=O) groups excluding carboxylic acids is 3. The molecule has 2 N–H and O–H groups in total. The molecule has 3 aromatic rings. The van der Waals surface area contributed by atoms with Gasteiger partial charge in [-0.15, -0.1) is 0 Å². The molecule has 4 amide bonds. The van der Waals surface area contributed by atoms with E-state index in [1.807, 2.05) is 4.90 Å². The van der Waals surface area contributed by atoms with Crippen LogP contribution in [-0.4, -0.2) is 69.2 Å². The number of benzene rings is 3. The SMILES string of the molecule is O=C(Nc1ccc(F)c(Cl)c1)C1C[N@@]2CC3C(=O)N(c4ccc([N+](=O)O)c5ccccc45)C(=O)[N+]13C2. The van der Waals surface area contributed by atoms with E-state index in [0.29, 0.717) is 17.3 Å². The number of hydrogen-bond donors (Lipinski definition) is 2. The van der Waals surface area contributed by atoms with Crippen LogP contribution in [0.2, 0.25) is 5.02 Å². The van der Waals surface area contributed by atoms with Crippen molar-refractivity contribution in [3.8, 4) is 0 Å². The Bertz CT molecular complexity index is 1520. The van der Waals surface area contributed by atoms with Gasteiger partial charge >= 0.3 is 11.7 Å². The average Bonchev–Trinajstić information content (AvgIpc) is 3.49. The Balaban J connectivity index is 1.39. The fourth-order valence-electron chi connectivity index (χ4n) is 5.69. The van der Waals surface area contributed by atoms with Gasteiger partial charge in [0, 0.05) is 17.1 Å². The van der Waals surface area contributed by atoms with Crippen molar-refractivity contribution in [1.82, 2.24) is 4.90 Å². The van der Waals surface area contributed by atoms with Gasteiger partial charge in [0.1, 0.15) is 12.5 Å². The first kappa shape index (κ1) is 22.5. The number of urea groups is 1. The molecule has 3 heterocycles. The molecule has 2 bridgehead atoms. The number of hydrogen-bond acceptors (Lipinski definition) is 5. The molecular weight excluding hydrogens is 493 g/mol. The predicted octanol–water partition coefficient (Wildman–Crippen LogP) is 3.38. The lowest BCUT2D eigenvalue weighted by Crippen LogP contribution is -2.63. The molecule has 3 fully saturated rings. The third-order valence-electron chi connectivity index (χ3n) is 7.28. The first-order valence-corrected chi connectivity index (χ1v) is 11.5. The Kier molecular flexibility index (Phi) is 4.87. The Labute approximate surface area is 208 Å². The monoisotopic (exact) mass is 511 g/mol. The van der Waals surface area contributed by atoms with Crippen LogP contribution in [0.3, 0.4) is 0 Å². The number of amides is 4. The lowest BCUT2D eigenvalue weighted by atomic mass is 10.1. The summed E-state index contributed by atoms with van der Waals surface area (Å²) in [6.45, 7) is 0.808. The molecule has 0 saturated carbocycles. The summed E-state index contributed by atoms with van der Waals surface area (Å²) in [6, 6.07) is 11.0. The van der Waals surface area contributed by atoms with Crippen LogP contribution >= 0.6 is 11.6 Å². The number of nitrogens with zero attached hydrogens (tertiary/aromatic N) is 4. The fourth-order valence-corrected chi connectivity index (χ4v) is 5.87. The summed E-state index contributed by atoms with van der Waals surface area (Å²) in [5, 5.41) is 12.8. The number of imide groups is 1. The minimum Gasteiger partial charge on any atom is -0.321 e. The summed E-state index contributed by atoms with van der Waals surface area (Å²) in [5.74, 6) is -1.54. The highest BCUT2D eigenvalue weighted by Gasteiger charge is 2.73. The molecule has 12 heteroatoms. The van der Waals surface area contributed by atoms with Crippen LogP contribution in [0.5, 0.6) is 0 Å². The minimum atomic E-state index is -0.867. The maximum Gasteiger partial charge on any atom is 0.433 e. The maximum absolute atomic E-state index is 14.0. The molecule has 3 unspecified atom stereocenters. The van der Waals surface area contributed by atoms with Crippen LogP contribution in [0.1, 0.15) is 0 Å². The summed E-state index contributed by atoms with van der Waals surface area (Å²) < 4.78 is 13.2. The quantitative estimate of drug-likeness (QED) is 0.316. The van der Waals surface area contributed by atoms with Crippen LogP contribution in [0.4, 0.5) is 26.2 Å². The van der Waals surface area contributed by atoms with Crippen LogP contribution in [0.15, 0.2) is 54.6 Å². The largest absolute Gasteiger partial charge is 0.433 e. The standard InChI is InChI=1S/C24H18ClFN5O5/c25-16-9-13(5-6-17(16)26)27-22(32)20-10-28-11-21-23(33)29(24(34)31(20,21)12-28)18-7-8-19(30(35)36)15-4-2-1-3-14(15)18/h1-9,20-21H,10-12H2,(H-,27,32,35,36)/q+1/p+1. The third-order valence-corrected chi connectivity index (χ3v) is 7.57. The number of fused-ring (bicyclic) bond motifs is 2. The number of nitrogens with one attached hydrogen (secondary N) is 1. The number of piperazine rings is 1. The summed E-state index contributed by atoms with van der Waals surface area (Å²) in [6.07, 6.45) is 0. The highest BCUT2D eigenvalue weighted by atomic mass is 35.5. The van der Waals surface area contributed by atoms with E-state index in [0.717, 1.165) is 11.0 Å². The molecular formula is C24H19ClFN5O5+2. The Hall–Kier alpha value is -3.93. The number of rotatable bonds is 4. The summed E-state index contributed by atoms with van der Waals surface area (Å²) in [7, 11) is 0. The molecule has 4 atom stereocenters. The zero-order valence-electron chi connectivity index (χ0n) is 18.6. The van der Waals surface area contributed by atoms with Crippen LogP contribution in [0.25, 0.3) is 10.8 Å². The zero-order chi connectivity index (χ0) is 25.4. The van der Waals surface area contributed by atoms with E-state index in [-0.39, 0.29) is 44.7 Å². The first-order chi connectivity index (χ1) is 17.2. The molecule has 3 aliphatic heterocycles. The van der Waals surface area contributed by atoms with E-state index in [9.17, 15) is 28.9 Å². The van der Waals surface area contributed by atoms with Gasteiger partial charge in [-0.2, -0.15) is 4.90 Å². The number of carbonyl (C=O) groups is 3. The molecule has 182 valence electrons. The van der Waals surface area contributed by atoms with Gasteiger partial charge in [-0.1, -0.05) is 29.8 Å². The van der Waals surface area contributed by atoms with Crippen molar-refractivity contribution in [3.63, 3.8) is 0 Å². The van der Waals surface area contributed by atoms with E-state index >= 15 is 0 Å². The summed E-state index contributed by atoms with van der Waals surface area (Å²) >= 11 is 5.83. The van der Waals surface area contributed by atoms with Gasteiger partial charge in [-0.3, -0.25) is 9.59 Å². The number of halogens is 2. The second-order valence-electron chi connectivity index (χ2n) is 9.14. The average molecular weight is 512 g/mol. The smallest absolute Gasteiger partial charge is 0.321 e. The van der Waals surface area contributed by atoms with Crippen molar-refractivity contribution < 1.29 is 33.4 Å². The molecule has 36 heavy (non-hydrogen) atoms. The second-order valence-corrected chi connectivity index (χ2v) is 9.54. The van der Waals surface area contributed by atoms with Crippen molar-refractivity contribution >= 4 is 57.3 Å². The highest BCUT2D eigenvalue weighted by Crippen LogP contribution is 2.45. The molecule has 1 spiro atoms. The normalized spacial score (nSPS) is 26.5. The Morgan fingerprint density at radius 3 is 2.58 bits per heavy atom. The zero-order valence-corrected chi connectivity index (χ0v) is 19.4. The van der Waals surface area contributed by atoms with Crippen molar-refractivity contribution in [3.05, 3.63) is 70.3 Å². The van der Waals surface area contributed by atoms with E-state index in [2.05, 4.69) is 5.32 Å². The summed E-state index contributed by atoms with van der Waals surface area (Å²) in [5.41, 5.74) is 0.530. The molecule has 6 rings (SSSR count). The molecule has 3 aliphatic rings. The van der Waals surface area contributed by atoms with Crippen molar-refractivity contribution in [2.45, 2.75) is 12.1 Å². The summed E-state index contributed by atoms with van der Waals surface area (Å²) in [4.78, 5) is 55.3. The molecule has 0 aliphatic carbocycles. The van der Waals surface area contributed by atoms with Gasteiger partial charge < -0.3 is 5.32 Å². The molecule has 10 nitrogen and oxygen atoms in total.